The summed E-state index contributed by atoms with van der Waals surface area (Å²) >= 11 is 0. The van der Waals surface area contributed by atoms with Crippen molar-refractivity contribution in [2.24, 2.45) is 0 Å². The molecule has 4 rings (SSSR count). The molecule has 1 atom stereocenters. The van der Waals surface area contributed by atoms with E-state index in [0.717, 1.165) is 43.8 Å². The van der Waals surface area contributed by atoms with E-state index in [1.165, 1.54) is 25.2 Å². The minimum Gasteiger partial charge on any atom is -0.497 e. The molecule has 2 aliphatic rings. The summed E-state index contributed by atoms with van der Waals surface area (Å²) in [7, 11) is 1.51. The Kier molecular flexibility index (Phi) is 6.64. The van der Waals surface area contributed by atoms with Crippen molar-refractivity contribution in [3.8, 4) is 5.75 Å². The zero-order valence-electron chi connectivity index (χ0n) is 17.0. The molecule has 156 valence electrons. The fraction of sp³-hybridized carbons (Fsp3) is 0.435. The SMILES string of the molecule is Br.CCc1ccc(N2C3=[N+](CCCCC3)CC2(O)c2ccc(OC)cc2F)cc1. The lowest BCUT2D eigenvalue weighted by atomic mass is 9.98. The van der Waals surface area contributed by atoms with Gasteiger partial charge in [0.15, 0.2) is 6.54 Å². The third-order valence-electron chi connectivity index (χ3n) is 5.94. The molecule has 0 saturated heterocycles. The van der Waals surface area contributed by atoms with Crippen molar-refractivity contribution in [1.82, 2.24) is 0 Å². The lowest BCUT2D eigenvalue weighted by Gasteiger charge is -2.29. The molecule has 4 nitrogen and oxygen atoms in total. The van der Waals surface area contributed by atoms with Crippen LogP contribution >= 0.6 is 17.0 Å². The van der Waals surface area contributed by atoms with Gasteiger partial charge >= 0.3 is 0 Å². The van der Waals surface area contributed by atoms with Crippen LogP contribution < -0.4 is 9.64 Å². The first-order chi connectivity index (χ1) is 13.6. The number of hydrogen-bond donors (Lipinski definition) is 1. The van der Waals surface area contributed by atoms with Crippen LogP contribution in [0.4, 0.5) is 10.1 Å². The first-order valence-corrected chi connectivity index (χ1v) is 10.1. The summed E-state index contributed by atoms with van der Waals surface area (Å²) in [5.74, 6) is 1.08. The van der Waals surface area contributed by atoms with E-state index in [9.17, 15) is 5.11 Å². The van der Waals surface area contributed by atoms with Crippen molar-refractivity contribution in [2.45, 2.75) is 44.8 Å². The van der Waals surface area contributed by atoms with Gasteiger partial charge in [-0.05, 0) is 55.5 Å². The topological polar surface area (TPSA) is 35.7 Å². The van der Waals surface area contributed by atoms with Crippen LogP contribution in [0.15, 0.2) is 42.5 Å². The maximum Gasteiger partial charge on any atom is 0.278 e. The van der Waals surface area contributed by atoms with Gasteiger partial charge in [0.2, 0.25) is 0 Å². The van der Waals surface area contributed by atoms with E-state index < -0.39 is 11.5 Å². The summed E-state index contributed by atoms with van der Waals surface area (Å²) in [6.07, 6.45) is 5.19. The standard InChI is InChI=1S/C23H28FN2O2.BrH/c1-3-17-8-10-18(11-9-17)26-22-7-5-4-6-14-25(22)16-23(26,27)20-13-12-19(28-2)15-21(20)24;/h8-13,15,27H,3-7,14,16H2,1-2H3;1H/q+1;. The molecule has 0 aromatic heterocycles. The molecule has 0 fully saturated rings. The third kappa shape index (κ3) is 3.92. The molecule has 0 spiro atoms. The van der Waals surface area contributed by atoms with Gasteiger partial charge in [-0.15, -0.1) is 17.0 Å². The predicted octanol–water partition coefficient (Wildman–Crippen LogP) is 4.62. The number of anilines is 1. The summed E-state index contributed by atoms with van der Waals surface area (Å²) in [6.45, 7) is 3.37. The summed E-state index contributed by atoms with van der Waals surface area (Å²) in [6, 6.07) is 12.9. The molecule has 2 heterocycles. The predicted molar refractivity (Wildman–Crippen MR) is 119 cm³/mol. The maximum absolute atomic E-state index is 15.0. The van der Waals surface area contributed by atoms with Gasteiger partial charge in [0.1, 0.15) is 17.3 Å². The molecule has 0 saturated carbocycles. The summed E-state index contributed by atoms with van der Waals surface area (Å²) in [5.41, 5.74) is 0.976. The molecule has 2 aromatic carbocycles. The number of ether oxygens (including phenoxy) is 1. The van der Waals surface area contributed by atoms with Gasteiger partial charge in [0, 0.05) is 12.5 Å². The number of halogens is 2. The number of rotatable bonds is 4. The number of nitrogens with zero attached hydrogens (tertiary/aromatic N) is 2. The monoisotopic (exact) mass is 463 g/mol. The average Bonchev–Trinajstić information content (AvgIpc) is 2.84. The number of hydrogen-bond acceptors (Lipinski definition) is 3. The minimum absolute atomic E-state index is 0. The van der Waals surface area contributed by atoms with E-state index in [0.29, 0.717) is 12.3 Å². The average molecular weight is 464 g/mol. The summed E-state index contributed by atoms with van der Waals surface area (Å²) in [4.78, 5) is 1.95. The molecule has 1 unspecified atom stereocenters. The van der Waals surface area contributed by atoms with Crippen LogP contribution in [0.2, 0.25) is 0 Å². The van der Waals surface area contributed by atoms with E-state index in [1.807, 2.05) is 17.0 Å². The van der Waals surface area contributed by atoms with Crippen LogP contribution in [-0.2, 0) is 12.1 Å². The molecular weight excluding hydrogens is 435 g/mol. The van der Waals surface area contributed by atoms with Crippen molar-refractivity contribution in [2.75, 3.05) is 25.1 Å². The van der Waals surface area contributed by atoms with Gasteiger partial charge in [-0.25, -0.2) is 4.39 Å². The Morgan fingerprint density at radius 2 is 1.90 bits per heavy atom. The molecule has 0 aliphatic carbocycles. The highest BCUT2D eigenvalue weighted by atomic mass is 79.9. The molecule has 6 heteroatoms. The highest BCUT2D eigenvalue weighted by molar-refractivity contribution is 8.93. The Labute approximate surface area is 182 Å². The van der Waals surface area contributed by atoms with Gasteiger partial charge in [-0.1, -0.05) is 19.1 Å². The van der Waals surface area contributed by atoms with Crippen molar-refractivity contribution in [1.29, 1.82) is 0 Å². The molecule has 0 radical (unpaired) electrons. The van der Waals surface area contributed by atoms with Crippen molar-refractivity contribution in [3.63, 3.8) is 0 Å². The number of methoxy groups -OCH3 is 1. The van der Waals surface area contributed by atoms with E-state index in [2.05, 4.69) is 23.6 Å². The number of benzene rings is 2. The Bertz CT molecular complexity index is 900. The second-order valence-corrected chi connectivity index (χ2v) is 7.67. The Morgan fingerprint density at radius 1 is 1.14 bits per heavy atom. The molecule has 2 aromatic rings. The largest absolute Gasteiger partial charge is 0.497 e. The first kappa shape index (κ1) is 21.8. The van der Waals surface area contributed by atoms with E-state index in [1.54, 1.807) is 12.1 Å². The van der Waals surface area contributed by atoms with E-state index in [4.69, 9.17) is 4.74 Å². The zero-order valence-corrected chi connectivity index (χ0v) is 18.7. The Morgan fingerprint density at radius 3 is 2.55 bits per heavy atom. The highest BCUT2D eigenvalue weighted by Crippen LogP contribution is 2.39. The highest BCUT2D eigenvalue weighted by Gasteiger charge is 2.55. The molecule has 0 amide bonds. The van der Waals surface area contributed by atoms with Crippen molar-refractivity contribution < 1.29 is 18.8 Å². The van der Waals surface area contributed by atoms with Crippen molar-refractivity contribution in [3.05, 3.63) is 59.4 Å². The molecule has 2 aliphatic heterocycles. The van der Waals surface area contributed by atoms with Crippen LogP contribution in [0.1, 0.15) is 43.7 Å². The third-order valence-corrected chi connectivity index (χ3v) is 5.94. The van der Waals surface area contributed by atoms with Gasteiger partial charge < -0.3 is 9.84 Å². The summed E-state index contributed by atoms with van der Waals surface area (Å²) < 4.78 is 22.4. The molecule has 0 bridgehead atoms. The fourth-order valence-electron chi connectivity index (χ4n) is 4.42. The quantitative estimate of drug-likeness (QED) is 0.671. The molecule has 29 heavy (non-hydrogen) atoms. The number of aliphatic hydroxyl groups is 1. The second kappa shape index (κ2) is 8.84. The number of amidine groups is 1. The molecular formula is C23H29BrFN2O2+. The fourth-order valence-corrected chi connectivity index (χ4v) is 4.42. The number of aryl methyl sites for hydroxylation is 1. The van der Waals surface area contributed by atoms with Gasteiger partial charge in [-0.3, -0.25) is 4.58 Å². The zero-order chi connectivity index (χ0) is 19.7. The van der Waals surface area contributed by atoms with E-state index >= 15 is 4.39 Å². The van der Waals surface area contributed by atoms with Crippen LogP contribution in [0.25, 0.3) is 0 Å². The molecule has 1 N–H and O–H groups in total. The van der Waals surface area contributed by atoms with Crippen LogP contribution in [0, 0.1) is 5.82 Å². The smallest absolute Gasteiger partial charge is 0.278 e. The van der Waals surface area contributed by atoms with Crippen LogP contribution in [0.3, 0.4) is 0 Å². The van der Waals surface area contributed by atoms with Crippen LogP contribution in [0.5, 0.6) is 5.75 Å². The summed E-state index contributed by atoms with van der Waals surface area (Å²) in [5, 5.41) is 11.9. The van der Waals surface area contributed by atoms with E-state index in [-0.39, 0.29) is 22.5 Å². The lowest BCUT2D eigenvalue weighted by Crippen LogP contribution is -2.48. The van der Waals surface area contributed by atoms with Gasteiger partial charge in [0.25, 0.3) is 11.6 Å². The maximum atomic E-state index is 15.0. The normalized spacial score (nSPS) is 21.4. The van der Waals surface area contributed by atoms with Gasteiger partial charge in [0.05, 0.1) is 19.2 Å². The lowest BCUT2D eigenvalue weighted by molar-refractivity contribution is -0.534. The second-order valence-electron chi connectivity index (χ2n) is 7.67. The van der Waals surface area contributed by atoms with Crippen molar-refractivity contribution >= 4 is 28.5 Å². The Balaban J connectivity index is 0.00000240. The van der Waals surface area contributed by atoms with Gasteiger partial charge in [-0.2, -0.15) is 4.90 Å². The first-order valence-electron chi connectivity index (χ1n) is 10.1. The Hall–Kier alpha value is -1.92. The van der Waals surface area contributed by atoms with Crippen LogP contribution in [-0.4, -0.2) is 35.7 Å². The minimum atomic E-state index is -1.45.